The first kappa shape index (κ1) is 16.3. The standard InChI is InChI=1S/C19H17FN4O2/c20-14-7-5-12(6-8-14)10-21-19(26)13-9-17(25)24(11-13)18-15-3-1-2-4-16(15)22-23-18/h1-8,13H,9-11H2,(H,21,26)(H,22,23). The second-order valence-corrected chi connectivity index (χ2v) is 6.34. The number of carbonyl (C=O) groups excluding carboxylic acids is 2. The van der Waals surface area contributed by atoms with Gasteiger partial charge in [0.2, 0.25) is 11.8 Å². The van der Waals surface area contributed by atoms with Gasteiger partial charge >= 0.3 is 0 Å². The number of amides is 2. The van der Waals surface area contributed by atoms with Crippen molar-refractivity contribution < 1.29 is 14.0 Å². The number of aromatic amines is 1. The van der Waals surface area contributed by atoms with Crippen LogP contribution in [0.1, 0.15) is 12.0 Å². The van der Waals surface area contributed by atoms with E-state index in [9.17, 15) is 14.0 Å². The number of benzene rings is 2. The topological polar surface area (TPSA) is 78.1 Å². The van der Waals surface area contributed by atoms with Crippen molar-refractivity contribution in [3.63, 3.8) is 0 Å². The molecule has 3 aromatic rings. The van der Waals surface area contributed by atoms with E-state index in [0.717, 1.165) is 16.5 Å². The van der Waals surface area contributed by atoms with Crippen LogP contribution in [0, 0.1) is 11.7 Å². The maximum Gasteiger partial charge on any atom is 0.229 e. The van der Waals surface area contributed by atoms with Crippen LogP contribution in [0.5, 0.6) is 0 Å². The fourth-order valence-corrected chi connectivity index (χ4v) is 3.18. The van der Waals surface area contributed by atoms with Crippen molar-refractivity contribution in [1.29, 1.82) is 0 Å². The Morgan fingerprint density at radius 3 is 2.81 bits per heavy atom. The maximum atomic E-state index is 12.9. The predicted octanol–water partition coefficient (Wildman–Crippen LogP) is 2.37. The number of para-hydroxylation sites is 1. The minimum atomic E-state index is -0.432. The average Bonchev–Trinajstić information content (AvgIpc) is 3.24. The first-order valence-corrected chi connectivity index (χ1v) is 8.37. The van der Waals surface area contributed by atoms with Gasteiger partial charge in [0, 0.05) is 24.9 Å². The molecule has 1 unspecified atom stereocenters. The molecule has 2 amide bonds. The normalized spacial score (nSPS) is 17.0. The smallest absolute Gasteiger partial charge is 0.229 e. The fraction of sp³-hybridized carbons (Fsp3) is 0.211. The summed E-state index contributed by atoms with van der Waals surface area (Å²) < 4.78 is 12.9. The highest BCUT2D eigenvalue weighted by Gasteiger charge is 2.36. The number of fused-ring (bicyclic) bond motifs is 1. The van der Waals surface area contributed by atoms with E-state index < -0.39 is 5.92 Å². The Balaban J connectivity index is 1.44. The van der Waals surface area contributed by atoms with E-state index in [1.54, 1.807) is 17.0 Å². The second kappa shape index (κ2) is 6.59. The number of halogens is 1. The van der Waals surface area contributed by atoms with Crippen molar-refractivity contribution in [3.05, 3.63) is 59.9 Å². The molecule has 4 rings (SSSR count). The van der Waals surface area contributed by atoms with Gasteiger partial charge in [-0.15, -0.1) is 0 Å². The summed E-state index contributed by atoms with van der Waals surface area (Å²) in [6.07, 6.45) is 0.149. The Labute approximate surface area is 149 Å². The van der Waals surface area contributed by atoms with Crippen molar-refractivity contribution in [2.45, 2.75) is 13.0 Å². The lowest BCUT2D eigenvalue weighted by atomic mass is 10.1. The second-order valence-electron chi connectivity index (χ2n) is 6.34. The Hall–Kier alpha value is -3.22. The van der Waals surface area contributed by atoms with E-state index in [1.165, 1.54) is 12.1 Å². The number of nitrogens with zero attached hydrogens (tertiary/aromatic N) is 2. The summed E-state index contributed by atoms with van der Waals surface area (Å²) in [6.45, 7) is 0.595. The summed E-state index contributed by atoms with van der Waals surface area (Å²) in [5, 5.41) is 10.8. The van der Waals surface area contributed by atoms with Crippen molar-refractivity contribution in [3.8, 4) is 0 Å². The first-order valence-electron chi connectivity index (χ1n) is 8.37. The number of H-pyrrole nitrogens is 1. The van der Waals surface area contributed by atoms with Gasteiger partial charge in [-0.1, -0.05) is 24.3 Å². The number of hydrogen-bond acceptors (Lipinski definition) is 3. The maximum absolute atomic E-state index is 12.9. The third kappa shape index (κ3) is 3.03. The number of carbonyl (C=O) groups is 2. The predicted molar refractivity (Wildman–Crippen MR) is 94.8 cm³/mol. The molecular weight excluding hydrogens is 335 g/mol. The Bertz CT molecular complexity index is 967. The minimum absolute atomic E-state index is 0.121. The van der Waals surface area contributed by atoms with Crippen LogP contribution < -0.4 is 10.2 Å². The summed E-state index contributed by atoms with van der Waals surface area (Å²) in [5.41, 5.74) is 1.65. The van der Waals surface area contributed by atoms with Crippen LogP contribution in [-0.4, -0.2) is 28.6 Å². The molecule has 1 aliphatic heterocycles. The van der Waals surface area contributed by atoms with Gasteiger partial charge in [-0.25, -0.2) is 4.39 Å². The molecule has 1 fully saturated rings. The van der Waals surface area contributed by atoms with Crippen LogP contribution in [0.2, 0.25) is 0 Å². The van der Waals surface area contributed by atoms with Gasteiger partial charge in [-0.2, -0.15) is 5.10 Å². The SMILES string of the molecule is O=C(NCc1ccc(F)cc1)C1CC(=O)N(c2n[nH]c3ccccc23)C1. The summed E-state index contributed by atoms with van der Waals surface area (Å²) in [6, 6.07) is 13.5. The zero-order chi connectivity index (χ0) is 18.1. The summed E-state index contributed by atoms with van der Waals surface area (Å²) in [4.78, 5) is 26.4. The lowest BCUT2D eigenvalue weighted by molar-refractivity contribution is -0.126. The molecule has 0 spiro atoms. The lowest BCUT2D eigenvalue weighted by Gasteiger charge is -2.14. The molecule has 1 atom stereocenters. The Kier molecular flexibility index (Phi) is 4.12. The van der Waals surface area contributed by atoms with Crippen molar-refractivity contribution in [2.75, 3.05) is 11.4 Å². The van der Waals surface area contributed by atoms with Gasteiger partial charge in [0.05, 0.1) is 11.4 Å². The number of rotatable bonds is 4. The molecule has 0 aliphatic carbocycles. The molecule has 2 heterocycles. The van der Waals surface area contributed by atoms with Crippen molar-refractivity contribution in [1.82, 2.24) is 15.5 Å². The van der Waals surface area contributed by atoms with Crippen LogP contribution in [0.3, 0.4) is 0 Å². The molecule has 132 valence electrons. The molecule has 7 heteroatoms. The summed E-state index contributed by atoms with van der Waals surface area (Å²) in [7, 11) is 0. The van der Waals surface area contributed by atoms with Gasteiger partial charge in [0.1, 0.15) is 5.82 Å². The van der Waals surface area contributed by atoms with Crippen LogP contribution >= 0.6 is 0 Å². The number of anilines is 1. The van der Waals surface area contributed by atoms with E-state index in [2.05, 4.69) is 15.5 Å². The Morgan fingerprint density at radius 2 is 2.00 bits per heavy atom. The highest BCUT2D eigenvalue weighted by atomic mass is 19.1. The van der Waals surface area contributed by atoms with Crippen molar-refractivity contribution >= 4 is 28.5 Å². The third-order valence-electron chi connectivity index (χ3n) is 4.58. The molecule has 26 heavy (non-hydrogen) atoms. The minimum Gasteiger partial charge on any atom is -0.352 e. The quantitative estimate of drug-likeness (QED) is 0.757. The van der Waals surface area contributed by atoms with Gasteiger partial charge in [0.25, 0.3) is 0 Å². The fourth-order valence-electron chi connectivity index (χ4n) is 3.18. The molecular formula is C19H17FN4O2. The van der Waals surface area contributed by atoms with Crippen LogP contribution in [-0.2, 0) is 16.1 Å². The van der Waals surface area contributed by atoms with Gasteiger partial charge in [-0.3, -0.25) is 19.6 Å². The largest absolute Gasteiger partial charge is 0.352 e. The molecule has 1 aliphatic rings. The third-order valence-corrected chi connectivity index (χ3v) is 4.58. The zero-order valence-corrected chi connectivity index (χ0v) is 13.9. The summed E-state index contributed by atoms with van der Waals surface area (Å²) in [5.74, 6) is -0.504. The van der Waals surface area contributed by atoms with Gasteiger partial charge < -0.3 is 5.32 Å². The van der Waals surface area contributed by atoms with Crippen molar-refractivity contribution in [2.24, 2.45) is 5.92 Å². The molecule has 2 aromatic carbocycles. The summed E-state index contributed by atoms with van der Waals surface area (Å²) >= 11 is 0. The molecule has 0 bridgehead atoms. The van der Waals surface area contributed by atoms with E-state index >= 15 is 0 Å². The van der Waals surface area contributed by atoms with Gasteiger partial charge in [-0.05, 0) is 29.8 Å². The van der Waals surface area contributed by atoms with E-state index in [1.807, 2.05) is 24.3 Å². The Morgan fingerprint density at radius 1 is 1.23 bits per heavy atom. The van der Waals surface area contributed by atoms with Crippen LogP contribution in [0.25, 0.3) is 10.9 Å². The molecule has 0 radical (unpaired) electrons. The molecule has 1 aromatic heterocycles. The average molecular weight is 352 g/mol. The highest BCUT2D eigenvalue weighted by Crippen LogP contribution is 2.29. The molecule has 6 nitrogen and oxygen atoms in total. The van der Waals surface area contributed by atoms with Gasteiger partial charge in [0.15, 0.2) is 5.82 Å². The molecule has 2 N–H and O–H groups in total. The van der Waals surface area contributed by atoms with Crippen LogP contribution in [0.4, 0.5) is 10.2 Å². The van der Waals surface area contributed by atoms with E-state index in [4.69, 9.17) is 0 Å². The zero-order valence-electron chi connectivity index (χ0n) is 13.9. The number of aromatic nitrogens is 2. The first-order chi connectivity index (χ1) is 12.6. The number of hydrogen-bond donors (Lipinski definition) is 2. The van der Waals surface area contributed by atoms with Crippen LogP contribution in [0.15, 0.2) is 48.5 Å². The van der Waals surface area contributed by atoms with E-state index in [-0.39, 0.29) is 24.1 Å². The molecule has 0 saturated carbocycles. The van der Waals surface area contributed by atoms with E-state index in [0.29, 0.717) is 18.9 Å². The lowest BCUT2D eigenvalue weighted by Crippen LogP contribution is -2.32. The molecule has 1 saturated heterocycles. The highest BCUT2D eigenvalue weighted by molar-refractivity contribution is 6.05. The number of nitrogens with one attached hydrogen (secondary N) is 2. The monoisotopic (exact) mass is 352 g/mol.